The number of nitrogens with two attached hydrogens (primary N) is 2. The topological polar surface area (TPSA) is 116 Å². The highest BCUT2D eigenvalue weighted by Crippen LogP contribution is 2.35. The lowest BCUT2D eigenvalue weighted by molar-refractivity contribution is -0.115. The van der Waals surface area contributed by atoms with Crippen molar-refractivity contribution in [2.45, 2.75) is 13.3 Å². The molecule has 7 nitrogen and oxygen atoms in total. The van der Waals surface area contributed by atoms with Gasteiger partial charge in [-0.1, -0.05) is 36.4 Å². The maximum atomic E-state index is 12.1. The fourth-order valence-corrected chi connectivity index (χ4v) is 3.34. The van der Waals surface area contributed by atoms with Crippen molar-refractivity contribution in [1.82, 2.24) is 9.78 Å². The summed E-state index contributed by atoms with van der Waals surface area (Å²) in [5.74, 6) is -0.574. The SMILES string of the molecule is Cc1ccc2c(c1-n1nc(-c3ccccc3)c(C(N)=O)c1N)CC(=O)N2. The molecule has 0 unspecified atom stereocenters. The van der Waals surface area contributed by atoms with E-state index in [-0.39, 0.29) is 23.7 Å². The van der Waals surface area contributed by atoms with Crippen molar-refractivity contribution in [3.63, 3.8) is 0 Å². The van der Waals surface area contributed by atoms with Crippen molar-refractivity contribution in [3.05, 3.63) is 59.2 Å². The minimum absolute atomic E-state index is 0.0871. The standard InChI is InChI=1S/C19H17N5O2/c1-10-7-8-13-12(9-14(25)22-13)17(10)24-18(20)15(19(21)26)16(23-24)11-5-3-2-4-6-11/h2-8H,9,20H2,1H3,(H2,21,26)(H,22,25). The summed E-state index contributed by atoms with van der Waals surface area (Å²) in [6.45, 7) is 1.91. The number of primary amides is 1. The zero-order chi connectivity index (χ0) is 18.4. The second-order valence-electron chi connectivity index (χ2n) is 6.23. The minimum atomic E-state index is -0.646. The first-order valence-corrected chi connectivity index (χ1v) is 8.13. The number of anilines is 2. The van der Waals surface area contributed by atoms with Gasteiger partial charge in [-0.05, 0) is 18.6 Å². The third kappa shape index (κ3) is 2.33. The second kappa shape index (κ2) is 5.73. The maximum absolute atomic E-state index is 12.1. The number of nitrogen functional groups attached to an aromatic ring is 1. The van der Waals surface area contributed by atoms with E-state index in [1.165, 1.54) is 4.68 Å². The highest BCUT2D eigenvalue weighted by atomic mass is 16.2. The number of aryl methyl sites for hydroxylation is 1. The first-order chi connectivity index (χ1) is 12.5. The Bertz CT molecular complexity index is 1050. The molecule has 2 heterocycles. The van der Waals surface area contributed by atoms with Crippen LogP contribution in [0.3, 0.4) is 0 Å². The number of carbonyl (C=O) groups excluding carboxylic acids is 2. The molecule has 26 heavy (non-hydrogen) atoms. The first-order valence-electron chi connectivity index (χ1n) is 8.13. The smallest absolute Gasteiger partial charge is 0.254 e. The van der Waals surface area contributed by atoms with Crippen LogP contribution in [0, 0.1) is 6.92 Å². The number of nitrogens with zero attached hydrogens (tertiary/aromatic N) is 2. The Labute approximate surface area is 149 Å². The fraction of sp³-hybridized carbons (Fsp3) is 0.105. The van der Waals surface area contributed by atoms with Crippen molar-refractivity contribution >= 4 is 23.3 Å². The zero-order valence-electron chi connectivity index (χ0n) is 14.1. The lowest BCUT2D eigenvalue weighted by Gasteiger charge is -2.12. The van der Waals surface area contributed by atoms with Gasteiger partial charge in [-0.3, -0.25) is 9.59 Å². The number of amides is 2. The van der Waals surface area contributed by atoms with Crippen LogP contribution >= 0.6 is 0 Å². The van der Waals surface area contributed by atoms with E-state index in [4.69, 9.17) is 11.5 Å². The summed E-state index contributed by atoms with van der Waals surface area (Å²) in [4.78, 5) is 23.9. The molecule has 0 saturated carbocycles. The Morgan fingerprint density at radius 2 is 1.92 bits per heavy atom. The lowest BCUT2D eigenvalue weighted by Crippen LogP contribution is -2.15. The van der Waals surface area contributed by atoms with Gasteiger partial charge in [0, 0.05) is 16.8 Å². The lowest BCUT2D eigenvalue weighted by atomic mass is 10.0. The molecule has 130 valence electrons. The summed E-state index contributed by atoms with van der Waals surface area (Å²) in [6.07, 6.45) is 0.234. The average Bonchev–Trinajstić information content (AvgIpc) is 3.15. The van der Waals surface area contributed by atoms with E-state index in [1.54, 1.807) is 0 Å². The minimum Gasteiger partial charge on any atom is -0.383 e. The number of nitrogens with one attached hydrogen (secondary N) is 1. The van der Waals surface area contributed by atoms with Crippen LogP contribution in [0.15, 0.2) is 42.5 Å². The molecule has 0 atom stereocenters. The van der Waals surface area contributed by atoms with Gasteiger partial charge in [-0.25, -0.2) is 4.68 Å². The van der Waals surface area contributed by atoms with E-state index < -0.39 is 5.91 Å². The molecule has 2 amide bonds. The number of aromatic nitrogens is 2. The van der Waals surface area contributed by atoms with Crippen LogP contribution in [0.5, 0.6) is 0 Å². The molecule has 1 aromatic heterocycles. The molecular weight excluding hydrogens is 330 g/mol. The summed E-state index contributed by atoms with van der Waals surface area (Å²) in [5, 5.41) is 7.40. The highest BCUT2D eigenvalue weighted by molar-refractivity contribution is 6.04. The van der Waals surface area contributed by atoms with E-state index in [9.17, 15) is 9.59 Å². The van der Waals surface area contributed by atoms with Crippen LogP contribution < -0.4 is 16.8 Å². The van der Waals surface area contributed by atoms with Gasteiger partial charge in [-0.15, -0.1) is 0 Å². The number of benzene rings is 2. The molecule has 0 radical (unpaired) electrons. The van der Waals surface area contributed by atoms with Gasteiger partial charge in [-0.2, -0.15) is 5.10 Å². The number of hydrogen-bond donors (Lipinski definition) is 3. The summed E-state index contributed by atoms with van der Waals surface area (Å²) in [5.41, 5.74) is 16.3. The Kier molecular flexibility index (Phi) is 3.50. The Morgan fingerprint density at radius 1 is 1.19 bits per heavy atom. The van der Waals surface area contributed by atoms with Gasteiger partial charge in [0.15, 0.2) is 0 Å². The third-order valence-corrected chi connectivity index (χ3v) is 4.52. The molecule has 0 saturated heterocycles. The molecule has 3 aromatic rings. The van der Waals surface area contributed by atoms with Crippen molar-refractivity contribution in [1.29, 1.82) is 0 Å². The predicted octanol–water partition coefficient (Wildman–Crippen LogP) is 2.02. The van der Waals surface area contributed by atoms with Gasteiger partial charge >= 0.3 is 0 Å². The molecule has 5 N–H and O–H groups in total. The van der Waals surface area contributed by atoms with Crippen molar-refractivity contribution in [3.8, 4) is 16.9 Å². The van der Waals surface area contributed by atoms with Crippen molar-refractivity contribution in [2.24, 2.45) is 5.73 Å². The molecule has 0 spiro atoms. The van der Waals surface area contributed by atoms with Gasteiger partial charge in [0.05, 0.1) is 12.1 Å². The zero-order valence-corrected chi connectivity index (χ0v) is 14.1. The van der Waals surface area contributed by atoms with Crippen LogP contribution in [-0.4, -0.2) is 21.6 Å². The molecule has 0 aliphatic carbocycles. The number of rotatable bonds is 3. The Morgan fingerprint density at radius 3 is 2.62 bits per heavy atom. The van der Waals surface area contributed by atoms with Gasteiger partial charge in [0.2, 0.25) is 5.91 Å². The van der Waals surface area contributed by atoms with E-state index in [0.29, 0.717) is 11.4 Å². The summed E-state index contributed by atoms with van der Waals surface area (Å²) in [7, 11) is 0. The van der Waals surface area contributed by atoms with E-state index in [0.717, 1.165) is 22.4 Å². The summed E-state index contributed by atoms with van der Waals surface area (Å²) >= 11 is 0. The number of fused-ring (bicyclic) bond motifs is 1. The third-order valence-electron chi connectivity index (χ3n) is 4.52. The fourth-order valence-electron chi connectivity index (χ4n) is 3.34. The molecule has 0 bridgehead atoms. The Hall–Kier alpha value is -3.61. The monoisotopic (exact) mass is 347 g/mol. The molecule has 1 aliphatic rings. The first kappa shape index (κ1) is 15.9. The molecule has 4 rings (SSSR count). The number of carbonyl (C=O) groups is 2. The van der Waals surface area contributed by atoms with E-state index >= 15 is 0 Å². The Balaban J connectivity index is 2.00. The average molecular weight is 347 g/mol. The van der Waals surface area contributed by atoms with Crippen LogP contribution in [0.2, 0.25) is 0 Å². The quantitative estimate of drug-likeness (QED) is 0.672. The molecule has 0 fully saturated rings. The highest BCUT2D eigenvalue weighted by Gasteiger charge is 2.28. The van der Waals surface area contributed by atoms with Crippen LogP contribution in [0.25, 0.3) is 16.9 Å². The van der Waals surface area contributed by atoms with Crippen LogP contribution in [-0.2, 0) is 11.2 Å². The van der Waals surface area contributed by atoms with E-state index in [2.05, 4.69) is 10.4 Å². The largest absolute Gasteiger partial charge is 0.383 e. The second-order valence-corrected chi connectivity index (χ2v) is 6.23. The van der Waals surface area contributed by atoms with Crippen LogP contribution in [0.4, 0.5) is 11.5 Å². The number of hydrogen-bond acceptors (Lipinski definition) is 4. The normalized spacial score (nSPS) is 12.7. The molecular formula is C19H17N5O2. The molecule has 2 aromatic carbocycles. The molecule has 7 heteroatoms. The maximum Gasteiger partial charge on any atom is 0.254 e. The van der Waals surface area contributed by atoms with Gasteiger partial charge in [0.25, 0.3) is 5.91 Å². The van der Waals surface area contributed by atoms with Gasteiger partial charge < -0.3 is 16.8 Å². The predicted molar refractivity (Wildman–Crippen MR) is 99.0 cm³/mol. The van der Waals surface area contributed by atoms with E-state index in [1.807, 2.05) is 49.4 Å². The molecule has 1 aliphatic heterocycles. The van der Waals surface area contributed by atoms with Gasteiger partial charge in [0.1, 0.15) is 17.1 Å². The van der Waals surface area contributed by atoms with Crippen molar-refractivity contribution < 1.29 is 9.59 Å². The van der Waals surface area contributed by atoms with Crippen molar-refractivity contribution in [2.75, 3.05) is 11.1 Å². The summed E-state index contributed by atoms with van der Waals surface area (Å²) in [6, 6.07) is 13.0. The summed E-state index contributed by atoms with van der Waals surface area (Å²) < 4.78 is 1.51. The van der Waals surface area contributed by atoms with Crippen LogP contribution in [0.1, 0.15) is 21.5 Å².